The van der Waals surface area contributed by atoms with Gasteiger partial charge < -0.3 is 4.90 Å². The van der Waals surface area contributed by atoms with E-state index in [0.29, 0.717) is 6.42 Å². The van der Waals surface area contributed by atoms with Crippen molar-refractivity contribution in [1.82, 2.24) is 9.62 Å². The summed E-state index contributed by atoms with van der Waals surface area (Å²) in [6.07, 6.45) is 0.489. The number of sulfonamides is 1. The Labute approximate surface area is 106 Å². The summed E-state index contributed by atoms with van der Waals surface area (Å²) in [5.41, 5.74) is 0. The maximum atomic E-state index is 11.8. The molecule has 1 N–H and O–H groups in total. The second-order valence-corrected chi connectivity index (χ2v) is 7.31. The number of amides is 1. The van der Waals surface area contributed by atoms with Crippen LogP contribution in [0.15, 0.2) is 0 Å². The summed E-state index contributed by atoms with van der Waals surface area (Å²) in [5.74, 6) is 0.0187. The Balaban J connectivity index is 4.76. The van der Waals surface area contributed by atoms with Crippen LogP contribution in [-0.4, -0.2) is 44.0 Å². The fourth-order valence-corrected chi connectivity index (χ4v) is 2.32. The molecule has 16 heavy (non-hydrogen) atoms. The lowest BCUT2D eigenvalue weighted by Gasteiger charge is -2.22. The van der Waals surface area contributed by atoms with Crippen LogP contribution in [0.25, 0.3) is 0 Å². The summed E-state index contributed by atoms with van der Waals surface area (Å²) in [6.45, 7) is 3.89. The fourth-order valence-electron chi connectivity index (χ4n) is 1.23. The zero-order valence-corrected chi connectivity index (χ0v) is 12.4. The molecular formula is C9H19BrN2O3S. The first-order valence-electron chi connectivity index (χ1n) is 4.96. The predicted octanol–water partition coefficient (Wildman–Crippen LogP) is 0.761. The fraction of sp³-hybridized carbons (Fsp3) is 0.889. The molecule has 7 heteroatoms. The summed E-state index contributed by atoms with van der Waals surface area (Å²) < 4.78 is 25.0. The maximum Gasteiger partial charge on any atom is 0.240 e. The van der Waals surface area contributed by atoms with E-state index in [1.807, 2.05) is 13.8 Å². The van der Waals surface area contributed by atoms with Gasteiger partial charge >= 0.3 is 0 Å². The van der Waals surface area contributed by atoms with Gasteiger partial charge in [-0.1, -0.05) is 29.8 Å². The highest BCUT2D eigenvalue weighted by Gasteiger charge is 2.25. The van der Waals surface area contributed by atoms with Gasteiger partial charge in [-0.3, -0.25) is 4.79 Å². The van der Waals surface area contributed by atoms with Crippen molar-refractivity contribution in [2.45, 2.75) is 26.3 Å². The molecule has 0 aromatic heterocycles. The summed E-state index contributed by atoms with van der Waals surface area (Å²) in [6, 6.07) is -0.683. The summed E-state index contributed by atoms with van der Waals surface area (Å²) in [5, 5.41) is 0. The first-order valence-corrected chi connectivity index (χ1v) is 7.74. The van der Waals surface area contributed by atoms with Gasteiger partial charge in [0.2, 0.25) is 15.9 Å². The lowest BCUT2D eigenvalue weighted by Crippen LogP contribution is -2.47. The minimum absolute atomic E-state index is 0.199. The number of carbonyl (C=O) groups excluding carboxylic acids is 1. The monoisotopic (exact) mass is 314 g/mol. The largest absolute Gasteiger partial charge is 0.347 e. The molecule has 0 aliphatic rings. The number of halogens is 1. The molecule has 0 rings (SSSR count). The third kappa shape index (κ3) is 5.81. The van der Waals surface area contributed by atoms with Gasteiger partial charge in [-0.05, 0) is 12.3 Å². The van der Waals surface area contributed by atoms with Gasteiger partial charge in [0, 0.05) is 14.1 Å². The highest BCUT2D eigenvalue weighted by molar-refractivity contribution is 9.10. The van der Waals surface area contributed by atoms with Crippen LogP contribution in [0.2, 0.25) is 0 Å². The highest BCUT2D eigenvalue weighted by Crippen LogP contribution is 2.08. The van der Waals surface area contributed by atoms with Gasteiger partial charge in [0.1, 0.15) is 10.7 Å². The Morgan fingerprint density at radius 2 is 1.88 bits per heavy atom. The zero-order chi connectivity index (χ0) is 12.9. The van der Waals surface area contributed by atoms with E-state index in [1.165, 1.54) is 4.90 Å². The second kappa shape index (κ2) is 6.56. The van der Waals surface area contributed by atoms with Gasteiger partial charge in [0.05, 0.1) is 0 Å². The average molecular weight is 315 g/mol. The van der Waals surface area contributed by atoms with Gasteiger partial charge in [-0.25, -0.2) is 13.1 Å². The minimum atomic E-state index is -3.42. The van der Waals surface area contributed by atoms with E-state index in [2.05, 4.69) is 20.7 Å². The highest BCUT2D eigenvalue weighted by atomic mass is 79.9. The quantitative estimate of drug-likeness (QED) is 0.736. The van der Waals surface area contributed by atoms with Crippen LogP contribution in [0.4, 0.5) is 0 Å². The number of likely N-dealkylation sites (N-methyl/N-ethyl adjacent to an activating group) is 1. The summed E-state index contributed by atoms with van der Waals surface area (Å²) >= 11 is 2.88. The molecule has 0 bridgehead atoms. The molecular weight excluding hydrogens is 296 g/mol. The van der Waals surface area contributed by atoms with Gasteiger partial charge in [0.15, 0.2) is 0 Å². The molecule has 0 saturated heterocycles. The topological polar surface area (TPSA) is 66.5 Å². The molecule has 0 heterocycles. The molecule has 0 spiro atoms. The molecule has 1 atom stereocenters. The first kappa shape index (κ1) is 15.9. The minimum Gasteiger partial charge on any atom is -0.347 e. The number of rotatable bonds is 6. The van der Waals surface area contributed by atoms with Crippen molar-refractivity contribution in [3.8, 4) is 0 Å². The van der Waals surface area contributed by atoms with Crippen LogP contribution in [0.1, 0.15) is 20.3 Å². The summed E-state index contributed by atoms with van der Waals surface area (Å²) in [7, 11) is -0.205. The SMILES string of the molecule is CC(C)CC(NS(=O)(=O)CBr)C(=O)N(C)C. The third-order valence-corrected chi connectivity index (χ3v) is 4.65. The number of hydrogen-bond acceptors (Lipinski definition) is 3. The van der Waals surface area contributed by atoms with Crippen LogP contribution in [-0.2, 0) is 14.8 Å². The van der Waals surface area contributed by atoms with E-state index < -0.39 is 16.1 Å². The van der Waals surface area contributed by atoms with E-state index in [0.717, 1.165) is 0 Å². The Kier molecular flexibility index (Phi) is 6.50. The Morgan fingerprint density at radius 3 is 2.19 bits per heavy atom. The zero-order valence-electron chi connectivity index (χ0n) is 10.0. The molecule has 96 valence electrons. The molecule has 0 fully saturated rings. The van der Waals surface area contributed by atoms with Crippen LogP contribution >= 0.6 is 15.9 Å². The van der Waals surface area contributed by atoms with Crippen molar-refractivity contribution in [3.05, 3.63) is 0 Å². The van der Waals surface area contributed by atoms with Crippen LogP contribution < -0.4 is 4.72 Å². The molecule has 0 saturated carbocycles. The second-order valence-electron chi connectivity index (χ2n) is 4.26. The van der Waals surface area contributed by atoms with Crippen LogP contribution in [0.3, 0.4) is 0 Å². The van der Waals surface area contributed by atoms with Crippen molar-refractivity contribution in [3.63, 3.8) is 0 Å². The smallest absolute Gasteiger partial charge is 0.240 e. The van der Waals surface area contributed by atoms with Crippen LogP contribution in [0, 0.1) is 5.92 Å². The number of nitrogens with zero attached hydrogens (tertiary/aromatic N) is 1. The van der Waals surface area contributed by atoms with E-state index in [1.54, 1.807) is 14.1 Å². The van der Waals surface area contributed by atoms with Crippen molar-refractivity contribution in [2.24, 2.45) is 5.92 Å². The van der Waals surface area contributed by atoms with E-state index >= 15 is 0 Å². The molecule has 0 aromatic carbocycles. The normalized spacial score (nSPS) is 13.9. The standard InChI is InChI=1S/C9H19BrN2O3S/c1-7(2)5-8(9(13)12(3)4)11-16(14,15)6-10/h7-8,11H,5-6H2,1-4H3. The Morgan fingerprint density at radius 1 is 1.38 bits per heavy atom. The Bertz CT molecular complexity index is 328. The van der Waals surface area contributed by atoms with E-state index in [9.17, 15) is 13.2 Å². The van der Waals surface area contributed by atoms with Gasteiger partial charge in [-0.15, -0.1) is 0 Å². The maximum absolute atomic E-state index is 11.8. The number of nitrogens with one attached hydrogen (secondary N) is 1. The van der Waals surface area contributed by atoms with E-state index in [-0.39, 0.29) is 16.5 Å². The van der Waals surface area contributed by atoms with Crippen molar-refractivity contribution in [2.75, 3.05) is 18.8 Å². The lowest BCUT2D eigenvalue weighted by molar-refractivity contribution is -0.130. The predicted molar refractivity (Wildman–Crippen MR) is 67.8 cm³/mol. The van der Waals surface area contributed by atoms with Crippen molar-refractivity contribution in [1.29, 1.82) is 0 Å². The molecule has 1 unspecified atom stereocenters. The molecule has 0 radical (unpaired) electrons. The molecule has 0 aliphatic carbocycles. The van der Waals surface area contributed by atoms with Gasteiger partial charge in [-0.2, -0.15) is 0 Å². The molecule has 0 aliphatic heterocycles. The van der Waals surface area contributed by atoms with Crippen molar-refractivity contribution >= 4 is 31.9 Å². The van der Waals surface area contributed by atoms with Crippen molar-refractivity contribution < 1.29 is 13.2 Å². The molecule has 1 amide bonds. The number of alkyl halides is 1. The molecule has 5 nitrogen and oxygen atoms in total. The molecule has 0 aromatic rings. The van der Waals surface area contributed by atoms with E-state index in [4.69, 9.17) is 0 Å². The number of carbonyl (C=O) groups is 1. The van der Waals surface area contributed by atoms with Gasteiger partial charge in [0.25, 0.3) is 0 Å². The van der Waals surface area contributed by atoms with Crippen LogP contribution in [0.5, 0.6) is 0 Å². The third-order valence-electron chi connectivity index (χ3n) is 1.91. The average Bonchev–Trinajstić information content (AvgIpc) is 2.14. The lowest BCUT2D eigenvalue weighted by atomic mass is 10.0. The first-order chi connectivity index (χ1) is 7.19. The summed E-state index contributed by atoms with van der Waals surface area (Å²) in [4.78, 5) is 13.1. The Hall–Kier alpha value is -0.140. The number of hydrogen-bond donors (Lipinski definition) is 1.